The number of nitrogens with one attached hydrogen (secondary N) is 4. The molecule has 0 aliphatic heterocycles. The van der Waals surface area contributed by atoms with Crippen molar-refractivity contribution in [3.8, 4) is 5.75 Å². The van der Waals surface area contributed by atoms with E-state index in [4.69, 9.17) is 4.74 Å². The van der Waals surface area contributed by atoms with Gasteiger partial charge in [0, 0.05) is 18.3 Å². The highest BCUT2D eigenvalue weighted by atomic mass is 32.2. The van der Waals surface area contributed by atoms with Gasteiger partial charge in [-0.3, -0.25) is 9.52 Å². The largest absolute Gasteiger partial charge is 0.494 e. The minimum Gasteiger partial charge on any atom is -0.494 e. The molecule has 0 spiro atoms. The van der Waals surface area contributed by atoms with Crippen LogP contribution in [0.2, 0.25) is 0 Å². The topological polar surface area (TPSA) is 126 Å². The first-order chi connectivity index (χ1) is 14.6. The van der Waals surface area contributed by atoms with Gasteiger partial charge < -0.3 is 20.7 Å². The van der Waals surface area contributed by atoms with E-state index >= 15 is 0 Å². The molecular weight excluding hydrogens is 420 g/mol. The Morgan fingerprint density at radius 1 is 1.06 bits per heavy atom. The molecule has 0 aliphatic carbocycles. The number of urea groups is 1. The molecule has 4 N–H and O–H groups in total. The second-order valence-corrected chi connectivity index (χ2v) is 9.06. The number of anilines is 2. The summed E-state index contributed by atoms with van der Waals surface area (Å²) in [6.45, 7) is 3.98. The predicted octanol–water partition coefficient (Wildman–Crippen LogP) is 2.53. The molecular formula is C21H28N4O5S. The molecule has 0 heterocycles. The van der Waals surface area contributed by atoms with Crippen molar-refractivity contribution in [3.05, 3.63) is 54.1 Å². The second-order valence-electron chi connectivity index (χ2n) is 7.31. The molecule has 1 atom stereocenters. The third-order valence-electron chi connectivity index (χ3n) is 4.30. The molecule has 0 aliphatic rings. The summed E-state index contributed by atoms with van der Waals surface area (Å²) in [4.78, 5) is 25.0. The average Bonchev–Trinajstić information content (AvgIpc) is 2.71. The molecule has 2 rings (SSSR count). The highest BCUT2D eigenvalue weighted by molar-refractivity contribution is 7.92. The van der Waals surface area contributed by atoms with Crippen molar-refractivity contribution in [1.82, 2.24) is 10.6 Å². The molecule has 9 nitrogen and oxygen atoms in total. The van der Waals surface area contributed by atoms with Gasteiger partial charge in [0.25, 0.3) is 0 Å². The normalized spacial score (nSPS) is 12.0. The lowest BCUT2D eigenvalue weighted by atomic mass is 10.0. The molecule has 0 aromatic heterocycles. The third-order valence-corrected chi connectivity index (χ3v) is 4.89. The van der Waals surface area contributed by atoms with Crippen molar-refractivity contribution in [3.63, 3.8) is 0 Å². The molecule has 0 bridgehead atoms. The van der Waals surface area contributed by atoms with E-state index in [-0.39, 0.29) is 17.4 Å². The third kappa shape index (κ3) is 7.82. The van der Waals surface area contributed by atoms with Crippen molar-refractivity contribution in [2.24, 2.45) is 5.92 Å². The van der Waals surface area contributed by atoms with Crippen molar-refractivity contribution in [2.75, 3.05) is 23.4 Å². The number of carbonyl (C=O) groups is 2. The van der Waals surface area contributed by atoms with Gasteiger partial charge >= 0.3 is 6.03 Å². The van der Waals surface area contributed by atoms with E-state index < -0.39 is 28.0 Å². The summed E-state index contributed by atoms with van der Waals surface area (Å²) in [6.07, 6.45) is 1.03. The molecule has 2 aromatic rings. The van der Waals surface area contributed by atoms with Crippen molar-refractivity contribution >= 4 is 33.3 Å². The van der Waals surface area contributed by atoms with Gasteiger partial charge in [0.05, 0.1) is 19.1 Å². The van der Waals surface area contributed by atoms with Gasteiger partial charge in [0.15, 0.2) is 0 Å². The summed E-state index contributed by atoms with van der Waals surface area (Å²) in [6, 6.07) is 12.7. The van der Waals surface area contributed by atoms with Gasteiger partial charge in [-0.25, -0.2) is 13.2 Å². The summed E-state index contributed by atoms with van der Waals surface area (Å²) < 4.78 is 30.5. The molecule has 1 unspecified atom stereocenters. The fourth-order valence-corrected chi connectivity index (χ4v) is 3.35. The number of rotatable bonds is 9. The minimum absolute atomic E-state index is 0.171. The molecule has 31 heavy (non-hydrogen) atoms. The van der Waals surface area contributed by atoms with Crippen LogP contribution in [0.25, 0.3) is 0 Å². The average molecular weight is 449 g/mol. The van der Waals surface area contributed by atoms with Gasteiger partial charge in [-0.05, 0) is 23.6 Å². The summed E-state index contributed by atoms with van der Waals surface area (Å²) in [5, 5.41) is 8.16. The summed E-state index contributed by atoms with van der Waals surface area (Å²) in [5.41, 5.74) is 1.60. The summed E-state index contributed by atoms with van der Waals surface area (Å²) in [7, 11) is -2.09. The summed E-state index contributed by atoms with van der Waals surface area (Å²) >= 11 is 0. The zero-order valence-electron chi connectivity index (χ0n) is 17.9. The van der Waals surface area contributed by atoms with Gasteiger partial charge in [0.1, 0.15) is 11.8 Å². The van der Waals surface area contributed by atoms with Crippen LogP contribution in [0.4, 0.5) is 16.2 Å². The highest BCUT2D eigenvalue weighted by Gasteiger charge is 2.24. The first-order valence-corrected chi connectivity index (χ1v) is 11.5. The summed E-state index contributed by atoms with van der Waals surface area (Å²) in [5.74, 6) is -0.329. The standard InChI is InChI=1S/C21H28N4O5S/c1-14(2)19(24-21(27)22-13-15-8-6-5-7-9-15)20(26)23-16-10-11-17(18(12-16)30-3)25-31(4,28)29/h5-12,14,19,25H,13H2,1-4H3,(H,23,26)(H2,22,24,27). The van der Waals surface area contributed by atoms with Crippen molar-refractivity contribution in [1.29, 1.82) is 0 Å². The molecule has 168 valence electrons. The van der Waals surface area contributed by atoms with Crippen LogP contribution in [0, 0.1) is 5.92 Å². The lowest BCUT2D eigenvalue weighted by Crippen LogP contribution is -2.50. The van der Waals surface area contributed by atoms with E-state index in [1.807, 2.05) is 44.2 Å². The second kappa shape index (κ2) is 10.7. The zero-order valence-corrected chi connectivity index (χ0v) is 18.7. The van der Waals surface area contributed by atoms with Crippen molar-refractivity contribution < 1.29 is 22.7 Å². The Morgan fingerprint density at radius 3 is 2.32 bits per heavy atom. The van der Waals surface area contributed by atoms with Gasteiger partial charge in [-0.1, -0.05) is 44.2 Å². The maximum absolute atomic E-state index is 12.8. The Bertz CT molecular complexity index is 1010. The Kier molecular flexibility index (Phi) is 8.26. The molecule has 0 radical (unpaired) electrons. The van der Waals surface area contributed by atoms with Crippen LogP contribution in [-0.4, -0.2) is 39.8 Å². The lowest BCUT2D eigenvalue weighted by molar-refractivity contribution is -0.118. The Hall–Kier alpha value is -3.27. The molecule has 10 heteroatoms. The van der Waals surface area contributed by atoms with Crippen LogP contribution in [0.15, 0.2) is 48.5 Å². The van der Waals surface area contributed by atoms with Gasteiger partial charge in [-0.2, -0.15) is 0 Å². The van der Waals surface area contributed by atoms with Crippen LogP contribution in [0.5, 0.6) is 5.75 Å². The number of carbonyl (C=O) groups excluding carboxylic acids is 2. The van der Waals surface area contributed by atoms with E-state index in [1.54, 1.807) is 6.07 Å². The van der Waals surface area contributed by atoms with E-state index in [9.17, 15) is 18.0 Å². The first-order valence-electron chi connectivity index (χ1n) is 9.64. The van der Waals surface area contributed by atoms with Crippen LogP contribution < -0.4 is 25.4 Å². The fraction of sp³-hybridized carbons (Fsp3) is 0.333. The van der Waals surface area contributed by atoms with E-state index in [2.05, 4.69) is 20.7 Å². The Balaban J connectivity index is 2.03. The van der Waals surface area contributed by atoms with Crippen LogP contribution >= 0.6 is 0 Å². The van der Waals surface area contributed by atoms with Crippen LogP contribution in [0.3, 0.4) is 0 Å². The predicted molar refractivity (Wildman–Crippen MR) is 121 cm³/mol. The number of sulfonamides is 1. The van der Waals surface area contributed by atoms with Crippen molar-refractivity contribution in [2.45, 2.75) is 26.4 Å². The van der Waals surface area contributed by atoms with E-state index in [0.29, 0.717) is 12.2 Å². The molecule has 0 saturated heterocycles. The number of amides is 3. The first kappa shape index (κ1) is 24.0. The highest BCUT2D eigenvalue weighted by Crippen LogP contribution is 2.28. The smallest absolute Gasteiger partial charge is 0.315 e. The molecule has 3 amide bonds. The number of benzene rings is 2. The Labute approximate surface area is 182 Å². The maximum atomic E-state index is 12.8. The number of hydrogen-bond donors (Lipinski definition) is 4. The number of ether oxygens (including phenoxy) is 1. The number of hydrogen-bond acceptors (Lipinski definition) is 5. The van der Waals surface area contributed by atoms with Crippen LogP contribution in [-0.2, 0) is 21.4 Å². The minimum atomic E-state index is -3.48. The van der Waals surface area contributed by atoms with Gasteiger partial charge in [-0.15, -0.1) is 0 Å². The maximum Gasteiger partial charge on any atom is 0.315 e. The van der Waals surface area contributed by atoms with E-state index in [0.717, 1.165) is 11.8 Å². The molecule has 2 aromatic carbocycles. The quantitative estimate of drug-likeness (QED) is 0.469. The van der Waals surface area contributed by atoms with Crippen LogP contribution in [0.1, 0.15) is 19.4 Å². The zero-order chi connectivity index (χ0) is 23.0. The van der Waals surface area contributed by atoms with E-state index in [1.165, 1.54) is 19.2 Å². The molecule has 0 fully saturated rings. The lowest BCUT2D eigenvalue weighted by Gasteiger charge is -2.22. The SMILES string of the molecule is COc1cc(NC(=O)C(NC(=O)NCc2ccccc2)C(C)C)ccc1NS(C)(=O)=O. The van der Waals surface area contributed by atoms with Gasteiger partial charge in [0.2, 0.25) is 15.9 Å². The fourth-order valence-electron chi connectivity index (χ4n) is 2.78. The number of methoxy groups -OCH3 is 1. The Morgan fingerprint density at radius 2 is 1.74 bits per heavy atom. The molecule has 0 saturated carbocycles. The monoisotopic (exact) mass is 448 g/mol.